The molecule has 5 heteroatoms. The standard InChI is InChI=1S/C9H7ClN2OS/c1-6-9(14-12-11-6)13-8-4-2-7(10)3-5-8/h2-5H,1H3. The maximum absolute atomic E-state index is 5.75. The average molecular weight is 227 g/mol. The highest BCUT2D eigenvalue weighted by atomic mass is 35.5. The lowest BCUT2D eigenvalue weighted by Gasteiger charge is -2.01. The molecule has 0 spiro atoms. The molecule has 0 saturated heterocycles. The van der Waals surface area contributed by atoms with Gasteiger partial charge in [-0.15, -0.1) is 5.10 Å². The molecule has 3 nitrogen and oxygen atoms in total. The number of benzene rings is 1. The minimum atomic E-state index is 0.691. The maximum atomic E-state index is 5.75. The largest absolute Gasteiger partial charge is 0.443 e. The predicted molar refractivity (Wildman–Crippen MR) is 56.2 cm³/mol. The van der Waals surface area contributed by atoms with Crippen LogP contribution < -0.4 is 4.74 Å². The molecule has 0 bridgehead atoms. The zero-order valence-corrected chi connectivity index (χ0v) is 8.97. The zero-order chi connectivity index (χ0) is 9.97. The third-order valence-electron chi connectivity index (χ3n) is 1.63. The van der Waals surface area contributed by atoms with Crippen LogP contribution in [-0.4, -0.2) is 9.59 Å². The van der Waals surface area contributed by atoms with Gasteiger partial charge < -0.3 is 4.74 Å². The van der Waals surface area contributed by atoms with Crippen LogP contribution in [0.3, 0.4) is 0 Å². The van der Waals surface area contributed by atoms with Crippen molar-refractivity contribution in [2.45, 2.75) is 6.92 Å². The van der Waals surface area contributed by atoms with Gasteiger partial charge in [-0.25, -0.2) is 0 Å². The Morgan fingerprint density at radius 1 is 1.29 bits per heavy atom. The van der Waals surface area contributed by atoms with Gasteiger partial charge in [-0.1, -0.05) is 16.1 Å². The molecule has 0 aliphatic rings. The molecule has 0 aliphatic carbocycles. The van der Waals surface area contributed by atoms with Crippen molar-refractivity contribution >= 4 is 23.1 Å². The van der Waals surface area contributed by atoms with E-state index in [1.807, 2.05) is 19.1 Å². The van der Waals surface area contributed by atoms with E-state index in [4.69, 9.17) is 16.3 Å². The van der Waals surface area contributed by atoms with Gasteiger partial charge in [0.2, 0.25) is 5.06 Å². The highest BCUT2D eigenvalue weighted by Gasteiger charge is 2.04. The van der Waals surface area contributed by atoms with Gasteiger partial charge in [-0.05, 0) is 31.2 Å². The first-order valence-corrected chi connectivity index (χ1v) is 5.13. The van der Waals surface area contributed by atoms with Gasteiger partial charge in [0.15, 0.2) is 0 Å². The molecular formula is C9H7ClN2OS. The van der Waals surface area contributed by atoms with Gasteiger partial charge in [0, 0.05) is 16.6 Å². The minimum absolute atomic E-state index is 0.691. The Bertz CT molecular complexity index is 427. The first kappa shape index (κ1) is 9.43. The van der Waals surface area contributed by atoms with Gasteiger partial charge in [0.1, 0.15) is 11.4 Å². The van der Waals surface area contributed by atoms with Crippen LogP contribution in [0.5, 0.6) is 10.8 Å². The summed E-state index contributed by atoms with van der Waals surface area (Å²) in [4.78, 5) is 0. The molecule has 1 aromatic carbocycles. The molecule has 2 aromatic rings. The lowest BCUT2D eigenvalue weighted by atomic mass is 10.3. The smallest absolute Gasteiger partial charge is 0.223 e. The quantitative estimate of drug-likeness (QED) is 0.788. The van der Waals surface area contributed by atoms with Crippen LogP contribution in [0.4, 0.5) is 0 Å². The van der Waals surface area contributed by atoms with Gasteiger partial charge in [-0.3, -0.25) is 0 Å². The molecule has 2 rings (SSSR count). The third-order valence-corrected chi connectivity index (χ3v) is 2.59. The molecule has 0 amide bonds. The van der Waals surface area contributed by atoms with Crippen molar-refractivity contribution in [3.63, 3.8) is 0 Å². The number of nitrogens with zero attached hydrogens (tertiary/aromatic N) is 2. The molecule has 72 valence electrons. The second-order valence-corrected chi connectivity index (χ2v) is 3.85. The van der Waals surface area contributed by atoms with E-state index in [-0.39, 0.29) is 0 Å². The number of hydrogen-bond acceptors (Lipinski definition) is 4. The Labute approximate surface area is 90.5 Å². The van der Waals surface area contributed by atoms with E-state index in [1.165, 1.54) is 11.5 Å². The SMILES string of the molecule is Cc1nnsc1Oc1ccc(Cl)cc1. The van der Waals surface area contributed by atoms with Gasteiger partial charge in [0.25, 0.3) is 0 Å². The Kier molecular flexibility index (Phi) is 2.65. The lowest BCUT2D eigenvalue weighted by molar-refractivity contribution is 0.491. The summed E-state index contributed by atoms with van der Waals surface area (Å²) in [6.07, 6.45) is 0. The molecule has 0 saturated carbocycles. The van der Waals surface area contributed by atoms with Gasteiger partial charge >= 0.3 is 0 Å². The summed E-state index contributed by atoms with van der Waals surface area (Å²) in [7, 11) is 0. The average Bonchev–Trinajstić information content (AvgIpc) is 2.56. The molecule has 0 N–H and O–H groups in total. The van der Waals surface area contributed by atoms with Crippen LogP contribution in [0, 0.1) is 6.92 Å². The van der Waals surface area contributed by atoms with Crippen molar-refractivity contribution in [3.05, 3.63) is 35.0 Å². The lowest BCUT2D eigenvalue weighted by Crippen LogP contribution is -1.82. The molecule has 0 radical (unpaired) electrons. The van der Waals surface area contributed by atoms with Gasteiger partial charge in [0.05, 0.1) is 0 Å². The van der Waals surface area contributed by atoms with E-state index >= 15 is 0 Å². The Morgan fingerprint density at radius 2 is 2.00 bits per heavy atom. The monoisotopic (exact) mass is 226 g/mol. The second-order valence-electron chi connectivity index (χ2n) is 2.70. The van der Waals surface area contributed by atoms with E-state index in [0.717, 1.165) is 11.4 Å². The molecule has 14 heavy (non-hydrogen) atoms. The van der Waals surface area contributed by atoms with Crippen LogP contribution in [-0.2, 0) is 0 Å². The second kappa shape index (κ2) is 3.94. The molecule has 1 heterocycles. The van der Waals surface area contributed by atoms with E-state index in [1.54, 1.807) is 12.1 Å². The Hall–Kier alpha value is -1.13. The zero-order valence-electron chi connectivity index (χ0n) is 7.40. The van der Waals surface area contributed by atoms with Crippen molar-refractivity contribution in [2.75, 3.05) is 0 Å². The fourth-order valence-corrected chi connectivity index (χ4v) is 1.60. The van der Waals surface area contributed by atoms with E-state index in [9.17, 15) is 0 Å². The fraction of sp³-hybridized carbons (Fsp3) is 0.111. The number of halogens is 1. The first-order chi connectivity index (χ1) is 6.75. The summed E-state index contributed by atoms with van der Waals surface area (Å²) in [5.74, 6) is 0.739. The minimum Gasteiger partial charge on any atom is -0.443 e. The summed E-state index contributed by atoms with van der Waals surface area (Å²) in [6.45, 7) is 1.86. The molecule has 0 fully saturated rings. The van der Waals surface area contributed by atoms with E-state index < -0.39 is 0 Å². The van der Waals surface area contributed by atoms with Crippen LogP contribution in [0.15, 0.2) is 24.3 Å². The molecular weight excluding hydrogens is 220 g/mol. The Balaban J connectivity index is 2.19. The number of ether oxygens (including phenoxy) is 1. The maximum Gasteiger partial charge on any atom is 0.223 e. The first-order valence-electron chi connectivity index (χ1n) is 3.98. The fourth-order valence-electron chi connectivity index (χ4n) is 0.928. The molecule has 1 aromatic heterocycles. The van der Waals surface area contributed by atoms with Crippen LogP contribution in [0.25, 0.3) is 0 Å². The van der Waals surface area contributed by atoms with E-state index in [0.29, 0.717) is 10.1 Å². The van der Waals surface area contributed by atoms with Crippen molar-refractivity contribution in [1.82, 2.24) is 9.59 Å². The summed E-state index contributed by atoms with van der Waals surface area (Å²) in [5, 5.41) is 5.25. The summed E-state index contributed by atoms with van der Waals surface area (Å²) in [6, 6.07) is 7.17. The van der Waals surface area contributed by atoms with Crippen molar-refractivity contribution in [2.24, 2.45) is 0 Å². The van der Waals surface area contributed by atoms with Crippen LogP contribution >= 0.6 is 23.1 Å². The summed E-state index contributed by atoms with van der Waals surface area (Å²) in [5.41, 5.74) is 0.796. The van der Waals surface area contributed by atoms with Crippen molar-refractivity contribution in [3.8, 4) is 10.8 Å². The highest BCUT2D eigenvalue weighted by Crippen LogP contribution is 2.27. The Morgan fingerprint density at radius 3 is 2.57 bits per heavy atom. The third kappa shape index (κ3) is 2.02. The number of aromatic nitrogens is 2. The number of hydrogen-bond donors (Lipinski definition) is 0. The normalized spacial score (nSPS) is 10.1. The summed E-state index contributed by atoms with van der Waals surface area (Å²) < 4.78 is 9.32. The van der Waals surface area contributed by atoms with E-state index in [2.05, 4.69) is 9.59 Å². The molecule has 0 atom stereocenters. The predicted octanol–water partition coefficient (Wildman–Crippen LogP) is 3.29. The number of rotatable bonds is 2. The van der Waals surface area contributed by atoms with Crippen molar-refractivity contribution in [1.29, 1.82) is 0 Å². The van der Waals surface area contributed by atoms with Gasteiger partial charge in [-0.2, -0.15) is 0 Å². The highest BCUT2D eigenvalue weighted by molar-refractivity contribution is 7.07. The molecule has 0 aliphatic heterocycles. The molecule has 0 unspecified atom stereocenters. The van der Waals surface area contributed by atoms with Crippen LogP contribution in [0.2, 0.25) is 5.02 Å². The number of aryl methyl sites for hydroxylation is 1. The summed E-state index contributed by atoms with van der Waals surface area (Å²) >= 11 is 6.98. The van der Waals surface area contributed by atoms with Crippen LogP contribution in [0.1, 0.15) is 5.69 Å². The van der Waals surface area contributed by atoms with Crippen molar-refractivity contribution < 1.29 is 4.74 Å². The topological polar surface area (TPSA) is 35.0 Å².